The van der Waals surface area contributed by atoms with E-state index in [-0.39, 0.29) is 15.5 Å². The molecule has 0 atom stereocenters. The predicted molar refractivity (Wildman–Crippen MR) is 119 cm³/mol. The summed E-state index contributed by atoms with van der Waals surface area (Å²) < 4.78 is 33.2. The third kappa shape index (κ3) is 4.75. The van der Waals surface area contributed by atoms with E-state index in [0.717, 1.165) is 11.1 Å². The van der Waals surface area contributed by atoms with E-state index in [0.29, 0.717) is 17.1 Å². The molecule has 0 spiro atoms. The number of amides is 1. The summed E-state index contributed by atoms with van der Waals surface area (Å²) in [5.41, 5.74) is 3.16. The van der Waals surface area contributed by atoms with Crippen LogP contribution in [0.3, 0.4) is 0 Å². The van der Waals surface area contributed by atoms with Crippen LogP contribution < -0.4 is 14.8 Å². The van der Waals surface area contributed by atoms with Gasteiger partial charge in [0.15, 0.2) is 0 Å². The number of nitrogens with one attached hydrogen (secondary N) is 2. The number of methoxy groups -OCH3 is 1. The van der Waals surface area contributed by atoms with Gasteiger partial charge >= 0.3 is 0 Å². The van der Waals surface area contributed by atoms with Gasteiger partial charge in [-0.25, -0.2) is 8.42 Å². The van der Waals surface area contributed by atoms with Crippen LogP contribution >= 0.6 is 11.6 Å². The molecule has 0 aliphatic heterocycles. The number of ether oxygens (including phenoxy) is 1. The van der Waals surface area contributed by atoms with Crippen LogP contribution in [-0.2, 0) is 10.0 Å². The van der Waals surface area contributed by atoms with Crippen LogP contribution in [0.4, 0.5) is 11.4 Å². The van der Waals surface area contributed by atoms with Gasteiger partial charge in [-0.15, -0.1) is 0 Å². The van der Waals surface area contributed by atoms with Crippen molar-refractivity contribution in [2.24, 2.45) is 0 Å². The number of hydrogen-bond acceptors (Lipinski definition) is 4. The second-order valence-corrected chi connectivity index (χ2v) is 8.74. The summed E-state index contributed by atoms with van der Waals surface area (Å²) >= 11 is 6.13. The van der Waals surface area contributed by atoms with Gasteiger partial charge in [-0.3, -0.25) is 9.52 Å². The normalized spacial score (nSPS) is 11.1. The highest BCUT2D eigenvalue weighted by molar-refractivity contribution is 7.92. The van der Waals surface area contributed by atoms with Gasteiger partial charge in [0.05, 0.1) is 12.1 Å². The third-order valence-electron chi connectivity index (χ3n) is 4.68. The molecule has 0 saturated carbocycles. The number of carbonyl (C=O) groups is 1. The Hall–Kier alpha value is -3.03. The molecule has 2 N–H and O–H groups in total. The van der Waals surface area contributed by atoms with Gasteiger partial charge in [-0.05, 0) is 73.5 Å². The summed E-state index contributed by atoms with van der Waals surface area (Å²) in [6.45, 7) is 3.85. The SMILES string of the molecule is COc1ccc(NS(=O)(=O)c2cc(C(=O)Nc3cccc(C)c3C)ccc2Cl)cc1. The lowest BCUT2D eigenvalue weighted by Gasteiger charge is -2.13. The van der Waals surface area contributed by atoms with E-state index in [4.69, 9.17) is 16.3 Å². The van der Waals surface area contributed by atoms with E-state index in [1.165, 1.54) is 25.3 Å². The second kappa shape index (κ2) is 8.77. The monoisotopic (exact) mass is 444 g/mol. The van der Waals surface area contributed by atoms with Crippen LogP contribution in [0.5, 0.6) is 5.75 Å². The molecule has 0 bridgehead atoms. The number of hydrogen-bond donors (Lipinski definition) is 2. The summed E-state index contributed by atoms with van der Waals surface area (Å²) in [4.78, 5) is 12.5. The minimum atomic E-state index is -4.01. The fraction of sp³-hybridized carbons (Fsp3) is 0.136. The minimum Gasteiger partial charge on any atom is -0.497 e. The highest BCUT2D eigenvalue weighted by atomic mass is 35.5. The van der Waals surface area contributed by atoms with Gasteiger partial charge in [-0.1, -0.05) is 23.7 Å². The average Bonchev–Trinajstić information content (AvgIpc) is 2.72. The molecule has 30 heavy (non-hydrogen) atoms. The Balaban J connectivity index is 1.88. The summed E-state index contributed by atoms with van der Waals surface area (Å²) in [6, 6.07) is 16.1. The summed E-state index contributed by atoms with van der Waals surface area (Å²) in [5, 5.41) is 2.83. The maximum Gasteiger partial charge on any atom is 0.263 e. The molecule has 0 aliphatic carbocycles. The van der Waals surface area contributed by atoms with Gasteiger partial charge < -0.3 is 10.1 Å². The number of rotatable bonds is 6. The Morgan fingerprint density at radius 2 is 1.70 bits per heavy atom. The summed E-state index contributed by atoms with van der Waals surface area (Å²) in [5.74, 6) is 0.169. The average molecular weight is 445 g/mol. The first-order valence-corrected chi connectivity index (χ1v) is 10.9. The van der Waals surface area contributed by atoms with Crippen LogP contribution in [0, 0.1) is 13.8 Å². The van der Waals surface area contributed by atoms with Crippen LogP contribution in [-0.4, -0.2) is 21.4 Å². The molecule has 8 heteroatoms. The van der Waals surface area contributed by atoms with Crippen LogP contribution in [0.15, 0.2) is 65.6 Å². The van der Waals surface area contributed by atoms with Gasteiger partial charge in [0.25, 0.3) is 15.9 Å². The van der Waals surface area contributed by atoms with Crippen LogP contribution in [0.1, 0.15) is 21.5 Å². The summed E-state index contributed by atoms with van der Waals surface area (Å²) in [7, 11) is -2.49. The maximum atomic E-state index is 12.9. The van der Waals surface area contributed by atoms with Crippen molar-refractivity contribution in [3.8, 4) is 5.75 Å². The zero-order valence-electron chi connectivity index (χ0n) is 16.7. The Bertz CT molecular complexity index is 1190. The van der Waals surface area contributed by atoms with Gasteiger partial charge in [0.2, 0.25) is 0 Å². The number of halogens is 1. The fourth-order valence-electron chi connectivity index (χ4n) is 2.80. The van der Waals surface area contributed by atoms with Crippen LogP contribution in [0.2, 0.25) is 5.02 Å². The first-order chi connectivity index (χ1) is 14.2. The van der Waals surface area contributed by atoms with Crippen molar-refractivity contribution < 1.29 is 17.9 Å². The Kier molecular flexibility index (Phi) is 6.34. The minimum absolute atomic E-state index is 0.0132. The van der Waals surface area contributed by atoms with Crippen molar-refractivity contribution >= 4 is 38.9 Å². The lowest BCUT2D eigenvalue weighted by Crippen LogP contribution is -2.17. The molecule has 6 nitrogen and oxygen atoms in total. The Labute approximate surface area is 180 Å². The zero-order chi connectivity index (χ0) is 21.9. The number of carbonyl (C=O) groups excluding carboxylic acids is 1. The molecule has 156 valence electrons. The largest absolute Gasteiger partial charge is 0.497 e. The standard InChI is InChI=1S/C22H21ClN2O4S/c1-14-5-4-6-20(15(14)2)24-22(26)16-7-12-19(23)21(13-16)30(27,28)25-17-8-10-18(29-3)11-9-17/h4-13,25H,1-3H3,(H,24,26). The highest BCUT2D eigenvalue weighted by Crippen LogP contribution is 2.27. The summed E-state index contributed by atoms with van der Waals surface area (Å²) in [6.07, 6.45) is 0. The van der Waals surface area contributed by atoms with Gasteiger partial charge in [-0.2, -0.15) is 0 Å². The van der Waals surface area contributed by atoms with Crippen molar-refractivity contribution in [1.29, 1.82) is 0 Å². The second-order valence-electron chi connectivity index (χ2n) is 6.68. The first kappa shape index (κ1) is 21.7. The molecule has 3 aromatic carbocycles. The van der Waals surface area contributed by atoms with E-state index in [1.54, 1.807) is 30.3 Å². The smallest absolute Gasteiger partial charge is 0.263 e. The van der Waals surface area contributed by atoms with E-state index < -0.39 is 15.9 Å². The van der Waals surface area contributed by atoms with Crippen molar-refractivity contribution in [3.05, 3.63) is 82.4 Å². The molecule has 0 unspecified atom stereocenters. The number of aryl methyl sites for hydroxylation is 1. The number of anilines is 2. The maximum absolute atomic E-state index is 12.9. The molecule has 1 amide bonds. The lowest BCUT2D eigenvalue weighted by atomic mass is 10.1. The predicted octanol–water partition coefficient (Wildman–Crippen LogP) is 5.02. The highest BCUT2D eigenvalue weighted by Gasteiger charge is 2.21. The van der Waals surface area contributed by atoms with Crippen molar-refractivity contribution in [3.63, 3.8) is 0 Å². The molecular weight excluding hydrogens is 424 g/mol. The molecule has 0 heterocycles. The molecule has 0 saturated heterocycles. The van der Waals surface area contributed by atoms with E-state index in [2.05, 4.69) is 10.0 Å². The molecule has 0 aromatic heterocycles. The van der Waals surface area contributed by atoms with E-state index in [1.807, 2.05) is 26.0 Å². The quantitative estimate of drug-likeness (QED) is 0.559. The van der Waals surface area contributed by atoms with Crippen molar-refractivity contribution in [2.45, 2.75) is 18.7 Å². The molecule has 0 aliphatic rings. The molecule has 0 fully saturated rings. The topological polar surface area (TPSA) is 84.5 Å². The van der Waals surface area contributed by atoms with Gasteiger partial charge in [0, 0.05) is 16.9 Å². The molecule has 0 radical (unpaired) electrons. The molecule has 3 aromatic rings. The zero-order valence-corrected chi connectivity index (χ0v) is 18.3. The van der Waals surface area contributed by atoms with E-state index >= 15 is 0 Å². The van der Waals surface area contributed by atoms with Crippen molar-refractivity contribution in [1.82, 2.24) is 0 Å². The molecule has 3 rings (SSSR count). The Morgan fingerprint density at radius 1 is 1.00 bits per heavy atom. The lowest BCUT2D eigenvalue weighted by molar-refractivity contribution is 0.102. The van der Waals surface area contributed by atoms with Crippen molar-refractivity contribution in [2.75, 3.05) is 17.1 Å². The van der Waals surface area contributed by atoms with Crippen LogP contribution in [0.25, 0.3) is 0 Å². The van der Waals surface area contributed by atoms with E-state index in [9.17, 15) is 13.2 Å². The Morgan fingerprint density at radius 3 is 2.37 bits per heavy atom. The first-order valence-electron chi connectivity index (χ1n) is 9.05. The third-order valence-corrected chi connectivity index (χ3v) is 6.54. The fourth-order valence-corrected chi connectivity index (χ4v) is 4.39. The number of sulfonamides is 1. The molecular formula is C22H21ClN2O4S. The number of benzene rings is 3. The van der Waals surface area contributed by atoms with Gasteiger partial charge in [0.1, 0.15) is 10.6 Å².